The van der Waals surface area contributed by atoms with Gasteiger partial charge in [-0.15, -0.1) is 0 Å². The lowest BCUT2D eigenvalue weighted by Crippen LogP contribution is -2.37. The standard InChI is InChI=1S/C8H16N2O3S/c1-14(12,13)7-8(11)10-5-2-3-9-4-6-10/h9H,2-7H2,1H3. The topological polar surface area (TPSA) is 66.5 Å². The molecule has 6 heteroatoms. The van der Waals surface area contributed by atoms with Crippen LogP contribution in [-0.4, -0.2) is 57.4 Å². The lowest BCUT2D eigenvalue weighted by Gasteiger charge is -2.19. The van der Waals surface area contributed by atoms with Crippen LogP contribution in [0, 0.1) is 0 Å². The summed E-state index contributed by atoms with van der Waals surface area (Å²) in [6, 6.07) is 0. The molecule has 82 valence electrons. The van der Waals surface area contributed by atoms with Crippen molar-refractivity contribution in [2.75, 3.05) is 38.2 Å². The van der Waals surface area contributed by atoms with Gasteiger partial charge in [0.05, 0.1) is 0 Å². The van der Waals surface area contributed by atoms with Crippen molar-refractivity contribution in [3.05, 3.63) is 0 Å². The minimum Gasteiger partial charge on any atom is -0.340 e. The van der Waals surface area contributed by atoms with Gasteiger partial charge in [-0.3, -0.25) is 4.79 Å². The van der Waals surface area contributed by atoms with Crippen molar-refractivity contribution in [1.29, 1.82) is 0 Å². The first-order chi connectivity index (χ1) is 6.49. The monoisotopic (exact) mass is 220 g/mol. The van der Waals surface area contributed by atoms with Crippen molar-refractivity contribution in [3.63, 3.8) is 0 Å². The normalized spacial score (nSPS) is 19.1. The van der Waals surface area contributed by atoms with Crippen LogP contribution >= 0.6 is 0 Å². The molecule has 0 radical (unpaired) electrons. The number of hydrogen-bond acceptors (Lipinski definition) is 4. The van der Waals surface area contributed by atoms with Crippen LogP contribution in [0.25, 0.3) is 0 Å². The van der Waals surface area contributed by atoms with Gasteiger partial charge in [0.2, 0.25) is 5.91 Å². The summed E-state index contributed by atoms with van der Waals surface area (Å²) in [5, 5.41) is 3.15. The fourth-order valence-electron chi connectivity index (χ4n) is 1.41. The second-order valence-electron chi connectivity index (χ2n) is 3.55. The van der Waals surface area contributed by atoms with E-state index in [0.29, 0.717) is 13.1 Å². The van der Waals surface area contributed by atoms with Crippen LogP contribution in [0.3, 0.4) is 0 Å². The Bertz CT molecular complexity index is 292. The molecule has 1 aliphatic rings. The smallest absolute Gasteiger partial charge is 0.237 e. The third kappa shape index (κ3) is 4.06. The number of hydrogen-bond donors (Lipinski definition) is 1. The molecule has 0 aromatic rings. The number of carbonyl (C=O) groups excluding carboxylic acids is 1. The summed E-state index contributed by atoms with van der Waals surface area (Å²) >= 11 is 0. The van der Waals surface area contributed by atoms with E-state index in [1.807, 2.05) is 0 Å². The molecule has 1 fully saturated rings. The van der Waals surface area contributed by atoms with Gasteiger partial charge in [0.15, 0.2) is 9.84 Å². The van der Waals surface area contributed by atoms with Crippen molar-refractivity contribution in [3.8, 4) is 0 Å². The largest absolute Gasteiger partial charge is 0.340 e. The number of sulfone groups is 1. The fourth-order valence-corrected chi connectivity index (χ4v) is 2.04. The molecule has 1 N–H and O–H groups in total. The van der Waals surface area contributed by atoms with Crippen molar-refractivity contribution in [1.82, 2.24) is 10.2 Å². The molecule has 0 aromatic carbocycles. The van der Waals surface area contributed by atoms with Crippen molar-refractivity contribution < 1.29 is 13.2 Å². The first-order valence-corrected chi connectivity index (χ1v) is 6.71. The quantitative estimate of drug-likeness (QED) is 0.638. The molecule has 0 unspecified atom stereocenters. The van der Waals surface area contributed by atoms with Gasteiger partial charge in [-0.2, -0.15) is 0 Å². The van der Waals surface area contributed by atoms with E-state index in [1.54, 1.807) is 4.90 Å². The predicted molar refractivity (Wildman–Crippen MR) is 53.8 cm³/mol. The average Bonchev–Trinajstić information content (AvgIpc) is 2.27. The van der Waals surface area contributed by atoms with Gasteiger partial charge in [-0.05, 0) is 13.0 Å². The van der Waals surface area contributed by atoms with Crippen molar-refractivity contribution in [2.45, 2.75) is 6.42 Å². The Labute approximate surface area is 84.4 Å². The number of rotatable bonds is 2. The molecular formula is C8H16N2O3S. The molecule has 1 aliphatic heterocycles. The Morgan fingerprint density at radius 1 is 1.36 bits per heavy atom. The molecule has 0 spiro atoms. The molecule has 14 heavy (non-hydrogen) atoms. The third-order valence-electron chi connectivity index (χ3n) is 2.08. The zero-order valence-corrected chi connectivity index (χ0v) is 9.14. The van der Waals surface area contributed by atoms with Gasteiger partial charge in [-0.25, -0.2) is 8.42 Å². The van der Waals surface area contributed by atoms with Crippen LogP contribution in [0.1, 0.15) is 6.42 Å². The van der Waals surface area contributed by atoms with Crippen molar-refractivity contribution in [2.24, 2.45) is 0 Å². The Morgan fingerprint density at radius 3 is 2.71 bits per heavy atom. The van der Waals surface area contributed by atoms with E-state index in [1.165, 1.54) is 0 Å². The molecule has 0 atom stereocenters. The molecule has 1 heterocycles. The Kier molecular flexibility index (Phi) is 3.88. The zero-order chi connectivity index (χ0) is 10.6. The van der Waals surface area contributed by atoms with Crippen LogP contribution < -0.4 is 5.32 Å². The highest BCUT2D eigenvalue weighted by Gasteiger charge is 2.18. The van der Waals surface area contributed by atoms with Gasteiger partial charge in [-0.1, -0.05) is 0 Å². The van der Waals surface area contributed by atoms with Crippen LogP contribution in [0.2, 0.25) is 0 Å². The highest BCUT2D eigenvalue weighted by atomic mass is 32.2. The highest BCUT2D eigenvalue weighted by Crippen LogP contribution is 1.98. The Morgan fingerprint density at radius 2 is 2.07 bits per heavy atom. The van der Waals surface area contributed by atoms with E-state index < -0.39 is 9.84 Å². The van der Waals surface area contributed by atoms with E-state index >= 15 is 0 Å². The summed E-state index contributed by atoms with van der Waals surface area (Å²) in [6.45, 7) is 2.90. The van der Waals surface area contributed by atoms with Gasteiger partial charge >= 0.3 is 0 Å². The third-order valence-corrected chi connectivity index (χ3v) is 2.85. The van der Waals surface area contributed by atoms with Gasteiger partial charge in [0.1, 0.15) is 5.75 Å². The lowest BCUT2D eigenvalue weighted by molar-refractivity contribution is -0.128. The zero-order valence-electron chi connectivity index (χ0n) is 8.32. The van der Waals surface area contributed by atoms with Crippen LogP contribution in [0.4, 0.5) is 0 Å². The van der Waals surface area contributed by atoms with Crippen LogP contribution in [0.15, 0.2) is 0 Å². The number of nitrogens with one attached hydrogen (secondary N) is 1. The second kappa shape index (κ2) is 4.75. The number of nitrogens with zero attached hydrogens (tertiary/aromatic N) is 1. The molecule has 0 bridgehead atoms. The number of carbonyl (C=O) groups is 1. The molecule has 1 rings (SSSR count). The lowest BCUT2D eigenvalue weighted by atomic mass is 10.4. The summed E-state index contributed by atoms with van der Waals surface area (Å²) in [5.74, 6) is -0.649. The molecule has 5 nitrogen and oxygen atoms in total. The van der Waals surface area contributed by atoms with E-state index in [-0.39, 0.29) is 11.7 Å². The van der Waals surface area contributed by atoms with E-state index in [9.17, 15) is 13.2 Å². The van der Waals surface area contributed by atoms with E-state index in [0.717, 1.165) is 25.8 Å². The molecule has 1 amide bonds. The van der Waals surface area contributed by atoms with Crippen molar-refractivity contribution >= 4 is 15.7 Å². The first kappa shape index (κ1) is 11.5. The molecule has 0 aromatic heterocycles. The van der Waals surface area contributed by atoms with Crippen LogP contribution in [0.5, 0.6) is 0 Å². The summed E-state index contributed by atoms with van der Waals surface area (Å²) < 4.78 is 21.8. The molecule has 1 saturated heterocycles. The summed E-state index contributed by atoms with van der Waals surface area (Å²) in [6.07, 6.45) is 1.97. The summed E-state index contributed by atoms with van der Waals surface area (Å²) in [5.41, 5.74) is 0. The Hall–Kier alpha value is -0.620. The maximum absolute atomic E-state index is 11.5. The molecular weight excluding hydrogens is 204 g/mol. The van der Waals surface area contributed by atoms with E-state index in [4.69, 9.17) is 0 Å². The van der Waals surface area contributed by atoms with Gasteiger partial charge in [0.25, 0.3) is 0 Å². The number of amides is 1. The molecule has 0 saturated carbocycles. The van der Waals surface area contributed by atoms with Crippen LogP contribution in [-0.2, 0) is 14.6 Å². The predicted octanol–water partition coefficient (Wildman–Crippen LogP) is -1.15. The van der Waals surface area contributed by atoms with E-state index in [2.05, 4.69) is 5.32 Å². The maximum Gasteiger partial charge on any atom is 0.237 e. The molecule has 0 aliphatic carbocycles. The van der Waals surface area contributed by atoms with Gasteiger partial charge in [0, 0.05) is 25.9 Å². The summed E-state index contributed by atoms with van der Waals surface area (Å²) in [7, 11) is -3.20. The first-order valence-electron chi connectivity index (χ1n) is 4.65. The fraction of sp³-hybridized carbons (Fsp3) is 0.875. The minimum atomic E-state index is -3.20. The second-order valence-corrected chi connectivity index (χ2v) is 5.69. The maximum atomic E-state index is 11.5. The highest BCUT2D eigenvalue weighted by molar-refractivity contribution is 7.91. The average molecular weight is 220 g/mol. The van der Waals surface area contributed by atoms with Gasteiger partial charge < -0.3 is 10.2 Å². The summed E-state index contributed by atoms with van der Waals surface area (Å²) in [4.78, 5) is 13.1. The Balaban J connectivity index is 2.50. The SMILES string of the molecule is CS(=O)(=O)CC(=O)N1CCCNCC1. The minimum absolute atomic E-state index is 0.281.